The van der Waals surface area contributed by atoms with Gasteiger partial charge in [-0.15, -0.1) is 0 Å². The summed E-state index contributed by atoms with van der Waals surface area (Å²) in [5.41, 5.74) is 2.86. The number of pyridine rings is 1. The third-order valence-electron chi connectivity index (χ3n) is 5.71. The molecule has 2 aliphatic heterocycles. The molecule has 2 fully saturated rings. The zero-order valence-electron chi connectivity index (χ0n) is 17.2. The molecule has 1 N–H and O–H groups in total. The molecule has 29 heavy (non-hydrogen) atoms. The van der Waals surface area contributed by atoms with Crippen LogP contribution < -0.4 is 5.32 Å². The van der Waals surface area contributed by atoms with Gasteiger partial charge in [-0.2, -0.15) is 0 Å². The fraction of sp³-hybridized carbons (Fsp3) is 0.545. The number of carbonyl (C=O) groups is 1. The number of nitrogens with zero attached hydrogens (tertiary/aromatic N) is 4. The van der Waals surface area contributed by atoms with Gasteiger partial charge >= 0.3 is 0 Å². The zero-order valence-corrected chi connectivity index (χ0v) is 17.2. The van der Waals surface area contributed by atoms with Crippen molar-refractivity contribution in [1.29, 1.82) is 0 Å². The summed E-state index contributed by atoms with van der Waals surface area (Å²) in [4.78, 5) is 28.6. The summed E-state index contributed by atoms with van der Waals surface area (Å²) >= 11 is 0. The summed E-state index contributed by atoms with van der Waals surface area (Å²) < 4.78 is 5.41. The number of ether oxygens (including phenoxy) is 1. The smallest absolute Gasteiger partial charge is 0.228 e. The van der Waals surface area contributed by atoms with E-state index in [4.69, 9.17) is 9.72 Å². The minimum absolute atomic E-state index is 0.116. The number of amides is 1. The Kier molecular flexibility index (Phi) is 6.04. The topological polar surface area (TPSA) is 80.2 Å². The number of nitrogens with one attached hydrogen (secondary N) is 1. The predicted molar refractivity (Wildman–Crippen MR) is 111 cm³/mol. The number of anilines is 2. The Morgan fingerprint density at radius 2 is 1.86 bits per heavy atom. The van der Waals surface area contributed by atoms with Crippen LogP contribution in [0, 0.1) is 19.8 Å². The lowest BCUT2D eigenvalue weighted by Crippen LogP contribution is -2.43. The van der Waals surface area contributed by atoms with Crippen molar-refractivity contribution >= 4 is 17.7 Å². The molecule has 7 heteroatoms. The van der Waals surface area contributed by atoms with Crippen LogP contribution in [0.25, 0.3) is 0 Å². The van der Waals surface area contributed by atoms with Gasteiger partial charge in [-0.1, -0.05) is 6.07 Å². The molecule has 2 saturated heterocycles. The molecule has 1 atom stereocenters. The van der Waals surface area contributed by atoms with E-state index in [2.05, 4.69) is 21.4 Å². The maximum absolute atomic E-state index is 12.9. The Balaban J connectivity index is 1.45. The van der Waals surface area contributed by atoms with Gasteiger partial charge in [-0.3, -0.25) is 4.79 Å². The van der Waals surface area contributed by atoms with Gasteiger partial charge in [0.1, 0.15) is 5.82 Å². The number of hydrogen-bond acceptors (Lipinski definition) is 6. The first-order chi connectivity index (χ1) is 14.1. The summed E-state index contributed by atoms with van der Waals surface area (Å²) in [6, 6.07) is 7.94. The van der Waals surface area contributed by atoms with Crippen LogP contribution in [0.4, 0.5) is 11.8 Å². The lowest BCUT2D eigenvalue weighted by molar-refractivity contribution is -0.139. The highest BCUT2D eigenvalue weighted by Gasteiger charge is 2.31. The Labute approximate surface area is 171 Å². The summed E-state index contributed by atoms with van der Waals surface area (Å²) in [5, 5.41) is 3.22. The molecule has 0 radical (unpaired) electrons. The van der Waals surface area contributed by atoms with E-state index < -0.39 is 0 Å². The van der Waals surface area contributed by atoms with E-state index in [1.165, 1.54) is 0 Å². The number of likely N-dealkylation sites (tertiary alicyclic amines) is 1. The van der Waals surface area contributed by atoms with Gasteiger partial charge in [0.2, 0.25) is 11.9 Å². The minimum atomic E-state index is 0.116. The first-order valence-corrected chi connectivity index (χ1v) is 10.5. The van der Waals surface area contributed by atoms with Crippen molar-refractivity contribution in [1.82, 2.24) is 19.9 Å². The maximum Gasteiger partial charge on any atom is 0.228 e. The van der Waals surface area contributed by atoms with E-state index in [-0.39, 0.29) is 17.7 Å². The van der Waals surface area contributed by atoms with Gasteiger partial charge in [0, 0.05) is 55.2 Å². The van der Waals surface area contributed by atoms with Crippen LogP contribution in [0.15, 0.2) is 24.3 Å². The van der Waals surface area contributed by atoms with Crippen LogP contribution in [0.2, 0.25) is 0 Å². The summed E-state index contributed by atoms with van der Waals surface area (Å²) in [7, 11) is 0. The lowest BCUT2D eigenvalue weighted by atomic mass is 9.91. The van der Waals surface area contributed by atoms with Crippen molar-refractivity contribution < 1.29 is 9.53 Å². The molecule has 4 heterocycles. The minimum Gasteiger partial charge on any atom is -0.381 e. The second kappa shape index (κ2) is 8.86. The highest BCUT2D eigenvalue weighted by Crippen LogP contribution is 2.29. The Morgan fingerprint density at radius 3 is 2.62 bits per heavy atom. The third kappa shape index (κ3) is 4.90. The average Bonchev–Trinajstić information content (AvgIpc) is 2.73. The SMILES string of the molecule is Cc1cc(C)nc(Nc2cccc([C@@H]3CCCN(C(=O)C4CCOCC4)C3)n2)n1. The van der Waals surface area contributed by atoms with Crippen LogP contribution in [-0.2, 0) is 9.53 Å². The third-order valence-corrected chi connectivity index (χ3v) is 5.71. The molecular formula is C22H29N5O2. The average molecular weight is 396 g/mol. The van der Waals surface area contributed by atoms with E-state index in [1.54, 1.807) is 0 Å². The fourth-order valence-electron chi connectivity index (χ4n) is 4.27. The van der Waals surface area contributed by atoms with Crippen molar-refractivity contribution in [2.45, 2.75) is 45.4 Å². The molecule has 1 amide bonds. The van der Waals surface area contributed by atoms with Gasteiger partial charge < -0.3 is 15.0 Å². The largest absolute Gasteiger partial charge is 0.381 e. The van der Waals surface area contributed by atoms with Gasteiger partial charge in [-0.25, -0.2) is 15.0 Å². The number of carbonyl (C=O) groups excluding carboxylic acids is 1. The van der Waals surface area contributed by atoms with Gasteiger partial charge in [-0.05, 0) is 57.7 Å². The summed E-state index contributed by atoms with van der Waals surface area (Å²) in [6.45, 7) is 6.90. The van der Waals surface area contributed by atoms with Crippen LogP contribution in [-0.4, -0.2) is 52.1 Å². The molecule has 0 spiro atoms. The highest BCUT2D eigenvalue weighted by atomic mass is 16.5. The number of aryl methyl sites for hydroxylation is 2. The molecular weight excluding hydrogens is 366 g/mol. The van der Waals surface area contributed by atoms with E-state index in [9.17, 15) is 4.79 Å². The Hall–Kier alpha value is -2.54. The molecule has 2 aliphatic rings. The van der Waals surface area contributed by atoms with Crippen LogP contribution in [0.3, 0.4) is 0 Å². The molecule has 7 nitrogen and oxygen atoms in total. The van der Waals surface area contributed by atoms with Gasteiger partial charge in [0.25, 0.3) is 0 Å². The molecule has 0 saturated carbocycles. The zero-order chi connectivity index (χ0) is 20.2. The second-order valence-electron chi connectivity index (χ2n) is 8.06. The van der Waals surface area contributed by atoms with E-state index in [0.717, 1.165) is 61.7 Å². The maximum atomic E-state index is 12.9. The highest BCUT2D eigenvalue weighted by molar-refractivity contribution is 5.79. The number of hydrogen-bond donors (Lipinski definition) is 1. The number of rotatable bonds is 4. The van der Waals surface area contributed by atoms with Crippen LogP contribution in [0.1, 0.15) is 48.7 Å². The molecule has 2 aromatic heterocycles. The van der Waals surface area contributed by atoms with Gasteiger partial charge in [0.05, 0.1) is 0 Å². The number of aromatic nitrogens is 3. The second-order valence-corrected chi connectivity index (χ2v) is 8.06. The predicted octanol–water partition coefficient (Wildman–Crippen LogP) is 3.36. The summed E-state index contributed by atoms with van der Waals surface area (Å²) in [6.07, 6.45) is 3.74. The lowest BCUT2D eigenvalue weighted by Gasteiger charge is -2.35. The van der Waals surface area contributed by atoms with Crippen molar-refractivity contribution in [3.8, 4) is 0 Å². The Morgan fingerprint density at radius 1 is 1.10 bits per heavy atom. The first kappa shape index (κ1) is 19.8. The van der Waals surface area contributed by atoms with Crippen molar-refractivity contribution in [3.63, 3.8) is 0 Å². The number of piperidine rings is 1. The summed E-state index contributed by atoms with van der Waals surface area (Å²) in [5.74, 6) is 1.96. The van der Waals surface area contributed by atoms with Crippen LogP contribution in [0.5, 0.6) is 0 Å². The quantitative estimate of drug-likeness (QED) is 0.855. The molecule has 0 bridgehead atoms. The van der Waals surface area contributed by atoms with E-state index in [0.29, 0.717) is 19.2 Å². The van der Waals surface area contributed by atoms with Crippen molar-refractivity contribution in [3.05, 3.63) is 41.3 Å². The molecule has 4 rings (SSSR count). The standard InChI is InChI=1S/C22H29N5O2/c1-15-13-16(2)24-22(23-15)26-20-7-3-6-19(25-20)18-5-4-10-27(14-18)21(28)17-8-11-29-12-9-17/h3,6-7,13,17-18H,4-5,8-12,14H2,1-2H3,(H,23,24,25,26)/t18-/m1/s1. The normalized spacial score (nSPS) is 20.5. The Bertz CT molecular complexity index is 846. The van der Waals surface area contributed by atoms with Crippen LogP contribution >= 0.6 is 0 Å². The van der Waals surface area contributed by atoms with Crippen molar-refractivity contribution in [2.75, 3.05) is 31.6 Å². The molecule has 0 aromatic carbocycles. The first-order valence-electron chi connectivity index (χ1n) is 10.5. The molecule has 154 valence electrons. The van der Waals surface area contributed by atoms with Crippen molar-refractivity contribution in [2.24, 2.45) is 5.92 Å². The molecule has 0 unspecified atom stereocenters. The molecule has 2 aromatic rings. The fourth-order valence-corrected chi connectivity index (χ4v) is 4.27. The molecule has 0 aliphatic carbocycles. The van der Waals surface area contributed by atoms with E-state index >= 15 is 0 Å². The monoisotopic (exact) mass is 395 g/mol. The van der Waals surface area contributed by atoms with Gasteiger partial charge in [0.15, 0.2) is 0 Å². The van der Waals surface area contributed by atoms with E-state index in [1.807, 2.05) is 36.9 Å².